The highest BCUT2D eigenvalue weighted by atomic mass is 35.5. The first-order chi connectivity index (χ1) is 19.3. The lowest BCUT2D eigenvalue weighted by Crippen LogP contribution is -2.53. The van der Waals surface area contributed by atoms with Crippen LogP contribution in [-0.2, 0) is 39.7 Å². The van der Waals surface area contributed by atoms with Crippen LogP contribution in [-0.4, -0.2) is 43.2 Å². The molecule has 0 saturated heterocycles. The number of benzene rings is 3. The highest BCUT2D eigenvalue weighted by molar-refractivity contribution is 6.32. The molecule has 40 heavy (non-hydrogen) atoms. The van der Waals surface area contributed by atoms with E-state index in [2.05, 4.69) is 0 Å². The lowest BCUT2D eigenvalue weighted by molar-refractivity contribution is -0.214. The molecule has 0 saturated carbocycles. The van der Waals surface area contributed by atoms with Crippen molar-refractivity contribution in [2.75, 3.05) is 13.7 Å². The van der Waals surface area contributed by atoms with Crippen LogP contribution in [0.5, 0.6) is 5.75 Å². The summed E-state index contributed by atoms with van der Waals surface area (Å²) in [5.74, 6) is -3.36. The van der Waals surface area contributed by atoms with E-state index in [0.717, 1.165) is 0 Å². The maximum Gasteiger partial charge on any atom is 0.354 e. The standard InChI is InChI=1S/C29H23ClO10/c1-3-36-29(15-16-12-13-22(35-2)21(30)14-16,27(33)39-25-19-10-6-4-8-17(19)23(31)37-25)28(34)40-26-20-11-7-5-9-18(20)24(32)38-26/h4-14,25-26H,3,15H2,1-2H3. The van der Waals surface area contributed by atoms with Crippen LogP contribution >= 0.6 is 11.6 Å². The third-order valence-corrected chi connectivity index (χ3v) is 6.74. The molecular formula is C29H23ClO10. The van der Waals surface area contributed by atoms with E-state index in [1.807, 2.05) is 0 Å². The van der Waals surface area contributed by atoms with E-state index < -0.39 is 42.1 Å². The lowest BCUT2D eigenvalue weighted by Gasteiger charge is -2.31. The van der Waals surface area contributed by atoms with Crippen molar-refractivity contribution in [3.05, 3.63) is 99.6 Å². The van der Waals surface area contributed by atoms with Crippen molar-refractivity contribution in [2.45, 2.75) is 31.5 Å². The van der Waals surface area contributed by atoms with Crippen molar-refractivity contribution >= 4 is 35.5 Å². The van der Waals surface area contributed by atoms with E-state index in [4.69, 9.17) is 40.0 Å². The van der Waals surface area contributed by atoms with Crippen LogP contribution in [0.3, 0.4) is 0 Å². The van der Waals surface area contributed by atoms with Crippen LogP contribution in [0, 0.1) is 0 Å². The number of hydrogen-bond donors (Lipinski definition) is 0. The Kier molecular flexibility index (Phi) is 7.46. The van der Waals surface area contributed by atoms with Crippen LogP contribution in [0.1, 0.15) is 56.9 Å². The minimum absolute atomic E-state index is 0.115. The Bertz CT molecular complexity index is 1420. The van der Waals surface area contributed by atoms with Crippen LogP contribution in [0.2, 0.25) is 5.02 Å². The topological polar surface area (TPSA) is 124 Å². The van der Waals surface area contributed by atoms with Gasteiger partial charge >= 0.3 is 23.9 Å². The minimum Gasteiger partial charge on any atom is -0.495 e. The molecule has 0 aromatic heterocycles. The van der Waals surface area contributed by atoms with E-state index >= 15 is 0 Å². The van der Waals surface area contributed by atoms with E-state index in [-0.39, 0.29) is 29.2 Å². The fourth-order valence-corrected chi connectivity index (χ4v) is 4.82. The third kappa shape index (κ3) is 4.87. The van der Waals surface area contributed by atoms with Gasteiger partial charge in [0, 0.05) is 24.2 Å². The number of cyclic esters (lactones) is 2. The average Bonchev–Trinajstić information content (AvgIpc) is 3.44. The van der Waals surface area contributed by atoms with Gasteiger partial charge in [-0.15, -0.1) is 0 Å². The zero-order chi connectivity index (χ0) is 28.4. The summed E-state index contributed by atoms with van der Waals surface area (Å²) in [5.41, 5.74) is -0.930. The monoisotopic (exact) mass is 566 g/mol. The highest BCUT2D eigenvalue weighted by Gasteiger charge is 2.54. The zero-order valence-corrected chi connectivity index (χ0v) is 22.1. The molecule has 3 aromatic rings. The number of methoxy groups -OCH3 is 1. The molecule has 2 unspecified atom stereocenters. The van der Waals surface area contributed by atoms with Gasteiger partial charge in [-0.2, -0.15) is 0 Å². The van der Waals surface area contributed by atoms with Gasteiger partial charge in [0.2, 0.25) is 0 Å². The molecule has 10 nitrogen and oxygen atoms in total. The molecule has 0 amide bonds. The van der Waals surface area contributed by atoms with Crippen LogP contribution in [0.4, 0.5) is 0 Å². The van der Waals surface area contributed by atoms with Gasteiger partial charge in [-0.25, -0.2) is 19.2 Å². The molecule has 0 spiro atoms. The summed E-state index contributed by atoms with van der Waals surface area (Å²) in [6.45, 7) is 1.46. The molecule has 5 rings (SSSR count). The Labute approximate surface area is 233 Å². The van der Waals surface area contributed by atoms with E-state index in [9.17, 15) is 19.2 Å². The van der Waals surface area contributed by atoms with E-state index in [0.29, 0.717) is 22.4 Å². The fraction of sp³-hybridized carbons (Fsp3) is 0.241. The molecule has 2 heterocycles. The first kappa shape index (κ1) is 27.2. The minimum atomic E-state index is -2.40. The summed E-state index contributed by atoms with van der Waals surface area (Å²) < 4.78 is 32.7. The zero-order valence-electron chi connectivity index (χ0n) is 21.4. The first-order valence-electron chi connectivity index (χ1n) is 12.3. The Hall–Kier alpha value is -4.41. The molecule has 0 bridgehead atoms. The van der Waals surface area contributed by atoms with E-state index in [1.165, 1.54) is 25.3 Å². The quantitative estimate of drug-likeness (QED) is 0.270. The van der Waals surface area contributed by atoms with Gasteiger partial charge in [-0.05, 0) is 36.8 Å². The number of halogens is 1. The Morgan fingerprint density at radius 1 is 0.850 bits per heavy atom. The predicted octanol–water partition coefficient (Wildman–Crippen LogP) is 4.49. The van der Waals surface area contributed by atoms with Gasteiger partial charge in [0.05, 0.1) is 23.3 Å². The lowest BCUT2D eigenvalue weighted by atomic mass is 9.93. The maximum absolute atomic E-state index is 13.9. The van der Waals surface area contributed by atoms with Gasteiger partial charge in [0.1, 0.15) is 5.75 Å². The number of hydrogen-bond acceptors (Lipinski definition) is 10. The SMILES string of the molecule is CCOC(Cc1ccc(OC)c(Cl)c1)(C(=O)OC1OC(=O)c2ccccc21)C(=O)OC1OC(=O)c2ccccc21. The summed E-state index contributed by atoms with van der Waals surface area (Å²) >= 11 is 6.30. The number of carbonyl (C=O) groups is 4. The molecule has 0 fully saturated rings. The Morgan fingerprint density at radius 2 is 1.38 bits per heavy atom. The molecule has 2 atom stereocenters. The van der Waals surface area contributed by atoms with Crippen molar-refractivity contribution in [2.24, 2.45) is 0 Å². The first-order valence-corrected chi connectivity index (χ1v) is 12.6. The van der Waals surface area contributed by atoms with Crippen molar-refractivity contribution in [3.63, 3.8) is 0 Å². The molecule has 2 aliphatic rings. The van der Waals surface area contributed by atoms with E-state index in [1.54, 1.807) is 55.5 Å². The van der Waals surface area contributed by atoms with Gasteiger partial charge < -0.3 is 28.4 Å². The highest BCUT2D eigenvalue weighted by Crippen LogP contribution is 2.37. The molecule has 3 aromatic carbocycles. The molecular weight excluding hydrogens is 544 g/mol. The van der Waals surface area contributed by atoms with Gasteiger partial charge in [0.15, 0.2) is 0 Å². The van der Waals surface area contributed by atoms with Gasteiger partial charge in [-0.3, -0.25) is 0 Å². The second-order valence-electron chi connectivity index (χ2n) is 8.87. The number of carbonyl (C=O) groups excluding carboxylic acids is 4. The summed E-state index contributed by atoms with van der Waals surface area (Å²) in [4.78, 5) is 52.4. The van der Waals surface area contributed by atoms with Crippen LogP contribution in [0.15, 0.2) is 66.7 Å². The molecule has 2 aliphatic heterocycles. The summed E-state index contributed by atoms with van der Waals surface area (Å²) in [6, 6.07) is 17.4. The van der Waals surface area contributed by atoms with Crippen molar-refractivity contribution in [3.8, 4) is 5.75 Å². The van der Waals surface area contributed by atoms with Gasteiger partial charge in [-0.1, -0.05) is 54.1 Å². The average molecular weight is 567 g/mol. The molecule has 0 aliphatic carbocycles. The summed E-state index contributed by atoms with van der Waals surface area (Å²) in [5, 5.41) is 0.226. The van der Waals surface area contributed by atoms with Crippen molar-refractivity contribution in [1.82, 2.24) is 0 Å². The number of esters is 4. The number of fused-ring (bicyclic) bond motifs is 2. The van der Waals surface area contributed by atoms with Crippen molar-refractivity contribution in [1.29, 1.82) is 0 Å². The summed E-state index contributed by atoms with van der Waals surface area (Å²) in [6.07, 6.45) is -3.23. The third-order valence-electron chi connectivity index (χ3n) is 6.45. The number of ether oxygens (including phenoxy) is 6. The Balaban J connectivity index is 1.51. The molecule has 0 N–H and O–H groups in total. The molecule has 0 radical (unpaired) electrons. The van der Waals surface area contributed by atoms with Crippen molar-refractivity contribution < 1.29 is 47.6 Å². The predicted molar refractivity (Wildman–Crippen MR) is 137 cm³/mol. The smallest absolute Gasteiger partial charge is 0.354 e. The second-order valence-corrected chi connectivity index (χ2v) is 9.27. The van der Waals surface area contributed by atoms with Crippen LogP contribution in [0.25, 0.3) is 0 Å². The molecule has 11 heteroatoms. The number of rotatable bonds is 9. The normalized spacial score (nSPS) is 18.6. The van der Waals surface area contributed by atoms with Crippen LogP contribution < -0.4 is 4.74 Å². The van der Waals surface area contributed by atoms with Gasteiger partial charge in [0.25, 0.3) is 18.2 Å². The second kappa shape index (κ2) is 11.0. The largest absolute Gasteiger partial charge is 0.495 e. The maximum atomic E-state index is 13.9. The Morgan fingerprint density at radius 3 is 1.85 bits per heavy atom. The fourth-order valence-electron chi connectivity index (χ4n) is 4.54. The molecule has 206 valence electrons. The summed E-state index contributed by atoms with van der Waals surface area (Å²) in [7, 11) is 1.45.